The van der Waals surface area contributed by atoms with Crippen LogP contribution in [0.3, 0.4) is 0 Å². The third kappa shape index (κ3) is 2.13. The summed E-state index contributed by atoms with van der Waals surface area (Å²) in [6, 6.07) is 0. The topological polar surface area (TPSA) is 134 Å². The molecule has 0 radical (unpaired) electrons. The zero-order valence-corrected chi connectivity index (χ0v) is 11.9. The second-order valence-corrected chi connectivity index (χ2v) is 5.73. The molecule has 9 nitrogen and oxygen atoms in total. The number of nitrogens with one attached hydrogen (secondary N) is 1. The molecule has 2 aliphatic heterocycles. The number of aromatic nitrogens is 2. The van der Waals surface area contributed by atoms with Gasteiger partial charge in [-0.15, -0.1) is 0 Å². The highest BCUT2D eigenvalue weighted by molar-refractivity contribution is 5.10. The van der Waals surface area contributed by atoms with Gasteiger partial charge in [-0.25, -0.2) is 4.79 Å². The van der Waals surface area contributed by atoms with Crippen molar-refractivity contribution >= 4 is 0 Å². The summed E-state index contributed by atoms with van der Waals surface area (Å²) in [6.07, 6.45) is -2.06. The predicted octanol–water partition coefficient (Wildman–Crippen LogP) is -2.38. The lowest BCUT2D eigenvalue weighted by molar-refractivity contribution is -0.0989. The summed E-state index contributed by atoms with van der Waals surface area (Å²) in [4.78, 5) is 25.6. The van der Waals surface area contributed by atoms with Crippen LogP contribution in [-0.4, -0.2) is 62.0 Å². The van der Waals surface area contributed by atoms with E-state index in [1.807, 2.05) is 0 Å². The standard InChI is InChI=1S/C13H18N2O7/c1-6-3-15(12(19)14-10(6)18)11-9-13(20,8(5-17)22-11)2-7(4-16)21-9/h3,7-9,11,16-17,20H,2,4-5H2,1H3,(H,14,18,19)/t7-,8-,9-,11-,13-/m1/s1. The van der Waals surface area contributed by atoms with Crippen LogP contribution >= 0.6 is 0 Å². The first kappa shape index (κ1) is 15.4. The molecule has 2 saturated heterocycles. The van der Waals surface area contributed by atoms with E-state index in [0.717, 1.165) is 4.57 Å². The quantitative estimate of drug-likeness (QED) is 0.489. The van der Waals surface area contributed by atoms with Gasteiger partial charge in [-0.3, -0.25) is 14.3 Å². The summed E-state index contributed by atoms with van der Waals surface area (Å²) >= 11 is 0. The smallest absolute Gasteiger partial charge is 0.330 e. The molecule has 122 valence electrons. The first-order valence-corrected chi connectivity index (χ1v) is 6.97. The summed E-state index contributed by atoms with van der Waals surface area (Å²) < 4.78 is 12.3. The molecule has 0 bridgehead atoms. The molecular formula is C13H18N2O7. The van der Waals surface area contributed by atoms with Gasteiger partial charge in [-0.1, -0.05) is 0 Å². The van der Waals surface area contributed by atoms with Crippen molar-refractivity contribution in [2.75, 3.05) is 13.2 Å². The van der Waals surface area contributed by atoms with Gasteiger partial charge in [0.25, 0.3) is 5.56 Å². The van der Waals surface area contributed by atoms with Crippen LogP contribution in [0.1, 0.15) is 18.2 Å². The molecule has 0 spiro atoms. The van der Waals surface area contributed by atoms with Crippen LogP contribution < -0.4 is 11.2 Å². The number of fused-ring (bicyclic) bond motifs is 1. The van der Waals surface area contributed by atoms with E-state index in [1.165, 1.54) is 13.1 Å². The summed E-state index contributed by atoms with van der Waals surface area (Å²) in [5.74, 6) is 0. The maximum absolute atomic E-state index is 12.0. The molecule has 1 aromatic rings. The van der Waals surface area contributed by atoms with Crippen molar-refractivity contribution in [1.29, 1.82) is 0 Å². The highest BCUT2D eigenvalue weighted by atomic mass is 16.6. The molecule has 2 aliphatic rings. The molecule has 2 fully saturated rings. The Labute approximate surface area is 124 Å². The highest BCUT2D eigenvalue weighted by Crippen LogP contribution is 2.46. The Balaban J connectivity index is 2.04. The number of aliphatic hydroxyl groups excluding tert-OH is 2. The average molecular weight is 314 g/mol. The molecule has 3 heterocycles. The van der Waals surface area contributed by atoms with E-state index in [0.29, 0.717) is 5.56 Å². The molecule has 0 amide bonds. The van der Waals surface area contributed by atoms with Crippen molar-refractivity contribution < 1.29 is 24.8 Å². The number of nitrogens with zero attached hydrogens (tertiary/aromatic N) is 1. The maximum atomic E-state index is 12.0. The van der Waals surface area contributed by atoms with Gasteiger partial charge >= 0.3 is 5.69 Å². The zero-order chi connectivity index (χ0) is 16.1. The second kappa shape index (κ2) is 5.28. The third-order valence-corrected chi connectivity index (χ3v) is 4.30. The summed E-state index contributed by atoms with van der Waals surface area (Å²) in [5, 5.41) is 29.4. The zero-order valence-electron chi connectivity index (χ0n) is 11.9. The molecule has 1 aromatic heterocycles. The fourth-order valence-corrected chi connectivity index (χ4v) is 3.14. The van der Waals surface area contributed by atoms with Crippen molar-refractivity contribution in [2.24, 2.45) is 0 Å². The Morgan fingerprint density at radius 2 is 2.09 bits per heavy atom. The van der Waals surface area contributed by atoms with Gasteiger partial charge in [0.15, 0.2) is 6.23 Å². The number of hydrogen-bond donors (Lipinski definition) is 4. The first-order chi connectivity index (χ1) is 10.4. The number of hydrogen-bond acceptors (Lipinski definition) is 7. The largest absolute Gasteiger partial charge is 0.394 e. The maximum Gasteiger partial charge on any atom is 0.330 e. The molecule has 0 aromatic carbocycles. The van der Waals surface area contributed by atoms with Crippen molar-refractivity contribution in [2.45, 2.75) is 43.5 Å². The van der Waals surface area contributed by atoms with E-state index in [-0.39, 0.29) is 13.0 Å². The fourth-order valence-electron chi connectivity index (χ4n) is 3.14. The van der Waals surface area contributed by atoms with E-state index in [9.17, 15) is 24.9 Å². The predicted molar refractivity (Wildman–Crippen MR) is 72.4 cm³/mol. The van der Waals surface area contributed by atoms with Crippen LogP contribution in [0.5, 0.6) is 0 Å². The van der Waals surface area contributed by atoms with E-state index < -0.39 is 48.0 Å². The highest BCUT2D eigenvalue weighted by Gasteiger charge is 2.62. The number of H-pyrrole nitrogens is 1. The molecule has 4 N–H and O–H groups in total. The summed E-state index contributed by atoms with van der Waals surface area (Å²) in [6.45, 7) is 0.788. The molecule has 22 heavy (non-hydrogen) atoms. The molecular weight excluding hydrogens is 296 g/mol. The Morgan fingerprint density at radius 1 is 1.36 bits per heavy atom. The van der Waals surface area contributed by atoms with Gasteiger partial charge < -0.3 is 24.8 Å². The van der Waals surface area contributed by atoms with Gasteiger partial charge in [-0.2, -0.15) is 0 Å². The molecule has 0 unspecified atom stereocenters. The third-order valence-electron chi connectivity index (χ3n) is 4.30. The van der Waals surface area contributed by atoms with E-state index in [2.05, 4.69) is 4.98 Å². The molecule has 5 atom stereocenters. The Hall–Kier alpha value is -1.52. The lowest BCUT2D eigenvalue weighted by Gasteiger charge is -2.24. The SMILES string of the molecule is Cc1cn([C@@H]2O[C@H](CO)[C@]3(O)C[C@H](CO)O[C@H]23)c(=O)[nH]c1=O. The number of aromatic amines is 1. The summed E-state index contributed by atoms with van der Waals surface area (Å²) in [7, 11) is 0. The molecule has 0 aliphatic carbocycles. The van der Waals surface area contributed by atoms with Crippen molar-refractivity contribution in [3.8, 4) is 0 Å². The normalized spacial score (nSPS) is 37.5. The molecule has 3 rings (SSSR count). The monoisotopic (exact) mass is 314 g/mol. The van der Waals surface area contributed by atoms with Crippen molar-refractivity contribution in [3.05, 3.63) is 32.6 Å². The Morgan fingerprint density at radius 3 is 2.73 bits per heavy atom. The number of ether oxygens (including phenoxy) is 2. The minimum Gasteiger partial charge on any atom is -0.394 e. The van der Waals surface area contributed by atoms with Gasteiger partial charge in [0.1, 0.15) is 17.8 Å². The number of aryl methyl sites for hydroxylation is 1. The van der Waals surface area contributed by atoms with E-state index in [1.54, 1.807) is 0 Å². The lowest BCUT2D eigenvalue weighted by Crippen LogP contribution is -2.46. The minimum absolute atomic E-state index is 0.0903. The lowest BCUT2D eigenvalue weighted by atomic mass is 9.89. The number of aliphatic hydroxyl groups is 3. The van der Waals surface area contributed by atoms with Gasteiger partial charge in [0, 0.05) is 18.2 Å². The number of rotatable bonds is 3. The average Bonchev–Trinajstić information content (AvgIpc) is 2.94. The first-order valence-electron chi connectivity index (χ1n) is 6.97. The van der Waals surface area contributed by atoms with Crippen LogP contribution in [0.25, 0.3) is 0 Å². The van der Waals surface area contributed by atoms with Crippen molar-refractivity contribution in [1.82, 2.24) is 9.55 Å². The van der Waals surface area contributed by atoms with Crippen LogP contribution in [0.15, 0.2) is 15.8 Å². The van der Waals surface area contributed by atoms with Crippen LogP contribution in [0.2, 0.25) is 0 Å². The summed E-state index contributed by atoms with van der Waals surface area (Å²) in [5.41, 5.74) is -2.40. The van der Waals surface area contributed by atoms with E-state index >= 15 is 0 Å². The second-order valence-electron chi connectivity index (χ2n) is 5.73. The Kier molecular flexibility index (Phi) is 3.69. The fraction of sp³-hybridized carbons (Fsp3) is 0.692. The Bertz CT molecular complexity index is 684. The minimum atomic E-state index is -1.50. The van der Waals surface area contributed by atoms with Gasteiger partial charge in [0.2, 0.25) is 0 Å². The van der Waals surface area contributed by atoms with Gasteiger partial charge in [0.05, 0.1) is 19.3 Å². The van der Waals surface area contributed by atoms with Crippen molar-refractivity contribution in [3.63, 3.8) is 0 Å². The van der Waals surface area contributed by atoms with Crippen LogP contribution in [0, 0.1) is 6.92 Å². The van der Waals surface area contributed by atoms with Gasteiger partial charge in [-0.05, 0) is 6.92 Å². The molecule has 0 saturated carbocycles. The van der Waals surface area contributed by atoms with Crippen LogP contribution in [0.4, 0.5) is 0 Å². The van der Waals surface area contributed by atoms with E-state index in [4.69, 9.17) is 9.47 Å². The molecule has 9 heteroatoms. The van der Waals surface area contributed by atoms with Crippen LogP contribution in [-0.2, 0) is 9.47 Å².